The van der Waals surface area contributed by atoms with Crippen LogP contribution in [0.4, 0.5) is 4.39 Å². The van der Waals surface area contributed by atoms with E-state index in [1.54, 1.807) is 0 Å². The van der Waals surface area contributed by atoms with Gasteiger partial charge in [0.25, 0.3) is 0 Å². The fraction of sp³-hybridized carbons (Fsp3) is 0.556. The third-order valence-corrected chi connectivity index (χ3v) is 3.63. The molecule has 0 aliphatic rings. The lowest BCUT2D eigenvalue weighted by Gasteiger charge is -2.26. The molecule has 1 aromatic carbocycles. The Hall–Kier alpha value is -1.71. The Balaban J connectivity index is 2.38. The lowest BCUT2D eigenvalue weighted by Crippen LogP contribution is -2.43. The smallest absolute Gasteiger partial charge is 0.220 e. The molecule has 0 saturated carbocycles. The highest BCUT2D eigenvalue weighted by Crippen LogP contribution is 2.14. The van der Waals surface area contributed by atoms with Gasteiger partial charge in [0, 0.05) is 23.9 Å². The van der Waals surface area contributed by atoms with Crippen molar-refractivity contribution in [3.05, 3.63) is 35.6 Å². The summed E-state index contributed by atoms with van der Waals surface area (Å²) in [5.41, 5.74) is 0.196. The third kappa shape index (κ3) is 6.83. The fourth-order valence-corrected chi connectivity index (χ4v) is 2.33. The zero-order valence-corrected chi connectivity index (χ0v) is 13.7. The summed E-state index contributed by atoms with van der Waals surface area (Å²) >= 11 is 0. The second-order valence-electron chi connectivity index (χ2n) is 6.32. The first-order chi connectivity index (χ1) is 10.3. The van der Waals surface area contributed by atoms with E-state index in [0.29, 0.717) is 5.56 Å². The van der Waals surface area contributed by atoms with Crippen molar-refractivity contribution in [3.63, 3.8) is 0 Å². The summed E-state index contributed by atoms with van der Waals surface area (Å²) in [5, 5.41) is 2.98. The Bertz CT molecular complexity index is 494. The molecule has 1 amide bonds. The highest BCUT2D eigenvalue weighted by atomic mass is 19.1. The van der Waals surface area contributed by atoms with E-state index in [1.807, 2.05) is 13.8 Å². The Kier molecular flexibility index (Phi) is 7.22. The van der Waals surface area contributed by atoms with Gasteiger partial charge >= 0.3 is 0 Å². The van der Waals surface area contributed by atoms with Gasteiger partial charge in [-0.25, -0.2) is 4.39 Å². The van der Waals surface area contributed by atoms with Gasteiger partial charge < -0.3 is 5.32 Å². The van der Waals surface area contributed by atoms with Crippen LogP contribution < -0.4 is 5.32 Å². The van der Waals surface area contributed by atoms with Crippen LogP contribution >= 0.6 is 0 Å². The molecule has 0 heterocycles. The van der Waals surface area contributed by atoms with Crippen LogP contribution in [-0.4, -0.2) is 17.2 Å². The molecule has 3 nitrogen and oxygen atoms in total. The van der Waals surface area contributed by atoms with Crippen molar-refractivity contribution >= 4 is 11.7 Å². The molecule has 122 valence electrons. The number of benzene rings is 1. The van der Waals surface area contributed by atoms with Gasteiger partial charge in [-0.1, -0.05) is 26.2 Å². The SMILES string of the molecule is CCCCCC(C)(C)NC(=O)CCC(=O)c1ccc(F)cc1. The average Bonchev–Trinajstić information content (AvgIpc) is 2.45. The number of unbranched alkanes of at least 4 members (excludes halogenated alkanes) is 2. The van der Waals surface area contributed by atoms with Crippen molar-refractivity contribution in [2.24, 2.45) is 0 Å². The maximum absolute atomic E-state index is 12.8. The summed E-state index contributed by atoms with van der Waals surface area (Å²) in [5.74, 6) is -0.626. The lowest BCUT2D eigenvalue weighted by atomic mass is 9.96. The quantitative estimate of drug-likeness (QED) is 0.547. The number of Topliss-reactive ketones (excluding diaryl/α,β-unsaturated/α-hetero) is 1. The van der Waals surface area contributed by atoms with Crippen LogP contribution in [-0.2, 0) is 4.79 Å². The van der Waals surface area contributed by atoms with E-state index in [9.17, 15) is 14.0 Å². The zero-order valence-electron chi connectivity index (χ0n) is 13.7. The van der Waals surface area contributed by atoms with E-state index in [2.05, 4.69) is 12.2 Å². The monoisotopic (exact) mass is 307 g/mol. The molecule has 1 aromatic rings. The van der Waals surface area contributed by atoms with Gasteiger partial charge in [0.15, 0.2) is 5.78 Å². The molecule has 0 aliphatic heterocycles. The first-order valence-electron chi connectivity index (χ1n) is 7.94. The van der Waals surface area contributed by atoms with Gasteiger partial charge in [-0.15, -0.1) is 0 Å². The van der Waals surface area contributed by atoms with Gasteiger partial charge in [0.05, 0.1) is 0 Å². The molecule has 0 fully saturated rings. The predicted molar refractivity (Wildman–Crippen MR) is 86.3 cm³/mol. The molecular weight excluding hydrogens is 281 g/mol. The largest absolute Gasteiger partial charge is 0.351 e. The number of halogens is 1. The highest BCUT2D eigenvalue weighted by Gasteiger charge is 2.20. The molecule has 0 aliphatic carbocycles. The second-order valence-corrected chi connectivity index (χ2v) is 6.32. The Labute approximate surface area is 132 Å². The van der Waals surface area contributed by atoms with E-state index in [1.165, 1.54) is 24.3 Å². The average molecular weight is 307 g/mol. The zero-order chi connectivity index (χ0) is 16.6. The van der Waals surface area contributed by atoms with Crippen molar-refractivity contribution in [1.82, 2.24) is 5.32 Å². The Morgan fingerprint density at radius 2 is 1.73 bits per heavy atom. The number of hydrogen-bond acceptors (Lipinski definition) is 2. The van der Waals surface area contributed by atoms with Gasteiger partial charge in [-0.3, -0.25) is 9.59 Å². The van der Waals surface area contributed by atoms with Crippen molar-refractivity contribution < 1.29 is 14.0 Å². The molecule has 0 unspecified atom stereocenters. The normalized spacial score (nSPS) is 11.3. The Morgan fingerprint density at radius 3 is 2.32 bits per heavy atom. The molecule has 0 aromatic heterocycles. The van der Waals surface area contributed by atoms with Crippen LogP contribution in [0.3, 0.4) is 0 Å². The van der Waals surface area contributed by atoms with Crippen LogP contribution in [0, 0.1) is 5.82 Å². The molecule has 0 bridgehead atoms. The van der Waals surface area contributed by atoms with Crippen LogP contribution in [0.5, 0.6) is 0 Å². The number of nitrogens with one attached hydrogen (secondary N) is 1. The minimum atomic E-state index is -0.372. The van der Waals surface area contributed by atoms with Crippen LogP contribution in [0.2, 0.25) is 0 Å². The molecule has 0 radical (unpaired) electrons. The number of ketones is 1. The summed E-state index contributed by atoms with van der Waals surface area (Å²) in [6, 6.07) is 5.41. The van der Waals surface area contributed by atoms with E-state index in [0.717, 1.165) is 25.7 Å². The number of carbonyl (C=O) groups is 2. The van der Waals surface area contributed by atoms with Gasteiger partial charge in [0.2, 0.25) is 5.91 Å². The van der Waals surface area contributed by atoms with E-state index < -0.39 is 0 Å². The maximum Gasteiger partial charge on any atom is 0.220 e. The first-order valence-corrected chi connectivity index (χ1v) is 7.94. The van der Waals surface area contributed by atoms with Gasteiger partial charge in [0.1, 0.15) is 5.82 Å². The minimum absolute atomic E-state index is 0.114. The highest BCUT2D eigenvalue weighted by molar-refractivity contribution is 5.97. The van der Waals surface area contributed by atoms with Crippen LogP contribution in [0.15, 0.2) is 24.3 Å². The molecular formula is C18H26FNO2. The summed E-state index contributed by atoms with van der Waals surface area (Å²) in [4.78, 5) is 23.9. The number of hydrogen-bond donors (Lipinski definition) is 1. The standard InChI is InChI=1S/C18H26FNO2/c1-4-5-6-13-18(2,3)20-17(22)12-11-16(21)14-7-9-15(19)10-8-14/h7-10H,4-6,11-13H2,1-3H3,(H,20,22). The van der Waals surface area contributed by atoms with Crippen molar-refractivity contribution in [2.45, 2.75) is 64.8 Å². The van der Waals surface area contributed by atoms with Gasteiger partial charge in [-0.2, -0.15) is 0 Å². The minimum Gasteiger partial charge on any atom is -0.351 e. The Morgan fingerprint density at radius 1 is 1.09 bits per heavy atom. The molecule has 0 atom stereocenters. The van der Waals surface area contributed by atoms with E-state index in [4.69, 9.17) is 0 Å². The maximum atomic E-state index is 12.8. The number of rotatable bonds is 9. The third-order valence-electron chi connectivity index (χ3n) is 3.63. The molecule has 22 heavy (non-hydrogen) atoms. The molecule has 1 rings (SSSR count). The summed E-state index contributed by atoms with van der Waals surface area (Å²) < 4.78 is 12.8. The molecule has 0 saturated heterocycles. The topological polar surface area (TPSA) is 46.2 Å². The van der Waals surface area contributed by atoms with Gasteiger partial charge in [-0.05, 0) is 44.5 Å². The van der Waals surface area contributed by atoms with E-state index >= 15 is 0 Å². The number of amides is 1. The first kappa shape index (κ1) is 18.3. The van der Waals surface area contributed by atoms with E-state index in [-0.39, 0.29) is 35.9 Å². The van der Waals surface area contributed by atoms with Crippen molar-refractivity contribution in [3.8, 4) is 0 Å². The van der Waals surface area contributed by atoms with Crippen LogP contribution in [0.1, 0.15) is 69.7 Å². The molecule has 0 spiro atoms. The van der Waals surface area contributed by atoms with Crippen LogP contribution in [0.25, 0.3) is 0 Å². The lowest BCUT2D eigenvalue weighted by molar-refractivity contribution is -0.122. The van der Waals surface area contributed by atoms with Crippen molar-refractivity contribution in [2.75, 3.05) is 0 Å². The predicted octanol–water partition coefficient (Wildman–Crippen LogP) is 4.26. The summed E-state index contributed by atoms with van der Waals surface area (Å²) in [6.07, 6.45) is 4.62. The summed E-state index contributed by atoms with van der Waals surface area (Å²) in [6.45, 7) is 6.15. The van der Waals surface area contributed by atoms with Crippen molar-refractivity contribution in [1.29, 1.82) is 0 Å². The summed E-state index contributed by atoms with van der Waals surface area (Å²) in [7, 11) is 0. The molecule has 4 heteroatoms. The second kappa shape index (κ2) is 8.66. The molecule has 1 N–H and O–H groups in total. The number of carbonyl (C=O) groups excluding carboxylic acids is 2. The fourth-order valence-electron chi connectivity index (χ4n) is 2.33.